The first-order valence-electron chi connectivity index (χ1n) is 6.09. The summed E-state index contributed by atoms with van der Waals surface area (Å²) in [5.41, 5.74) is 0. The molecule has 0 bridgehead atoms. The Balaban J connectivity index is 1.51. The zero-order valence-corrected chi connectivity index (χ0v) is 9.22. The second-order valence-electron chi connectivity index (χ2n) is 4.68. The van der Waals surface area contributed by atoms with Crippen LogP contribution in [-0.4, -0.2) is 31.7 Å². The van der Waals surface area contributed by atoms with Crippen LogP contribution in [0, 0.1) is 5.92 Å². The Morgan fingerprint density at radius 2 is 2.20 bits per heavy atom. The van der Waals surface area contributed by atoms with Gasteiger partial charge in [-0.25, -0.2) is 4.79 Å². The molecule has 1 saturated carbocycles. The summed E-state index contributed by atoms with van der Waals surface area (Å²) in [6.45, 7) is 3.09. The summed E-state index contributed by atoms with van der Waals surface area (Å²) in [5.74, 6) is 0.750. The average Bonchev–Trinajstić information content (AvgIpc) is 3.03. The highest BCUT2D eigenvalue weighted by molar-refractivity contribution is 5.74. The van der Waals surface area contributed by atoms with Gasteiger partial charge in [0.1, 0.15) is 0 Å². The lowest BCUT2D eigenvalue weighted by Gasteiger charge is -2.22. The molecule has 15 heavy (non-hydrogen) atoms. The van der Waals surface area contributed by atoms with Gasteiger partial charge in [-0.1, -0.05) is 0 Å². The van der Waals surface area contributed by atoms with Crippen LogP contribution in [0.3, 0.4) is 0 Å². The predicted molar refractivity (Wildman–Crippen MR) is 59.8 cm³/mol. The molecule has 4 heteroatoms. The number of nitrogens with one attached hydrogen (secondary N) is 3. The van der Waals surface area contributed by atoms with Gasteiger partial charge in [-0.15, -0.1) is 0 Å². The summed E-state index contributed by atoms with van der Waals surface area (Å²) in [6, 6.07) is 0.475. The maximum Gasteiger partial charge on any atom is 0.315 e. The topological polar surface area (TPSA) is 53.2 Å². The smallest absolute Gasteiger partial charge is 0.315 e. The van der Waals surface area contributed by atoms with Gasteiger partial charge in [0, 0.05) is 12.6 Å². The molecule has 0 radical (unpaired) electrons. The third kappa shape index (κ3) is 4.08. The molecule has 0 aromatic carbocycles. The van der Waals surface area contributed by atoms with E-state index in [0.29, 0.717) is 6.04 Å². The van der Waals surface area contributed by atoms with E-state index in [1.165, 1.54) is 12.8 Å². The fourth-order valence-corrected chi connectivity index (χ4v) is 2.02. The van der Waals surface area contributed by atoms with Crippen LogP contribution < -0.4 is 16.0 Å². The molecular weight excluding hydrogens is 190 g/mol. The normalized spacial score (nSPS) is 26.0. The fourth-order valence-electron chi connectivity index (χ4n) is 2.02. The van der Waals surface area contributed by atoms with E-state index in [-0.39, 0.29) is 6.03 Å². The van der Waals surface area contributed by atoms with Crippen LogP contribution in [0.15, 0.2) is 0 Å². The number of carbonyl (C=O) groups is 1. The van der Waals surface area contributed by atoms with Crippen molar-refractivity contribution in [2.75, 3.05) is 19.6 Å². The maximum atomic E-state index is 11.3. The Hall–Kier alpha value is -0.770. The monoisotopic (exact) mass is 211 g/mol. The third-order valence-corrected chi connectivity index (χ3v) is 3.15. The van der Waals surface area contributed by atoms with Gasteiger partial charge >= 0.3 is 6.03 Å². The summed E-state index contributed by atoms with van der Waals surface area (Å²) < 4.78 is 0. The molecule has 2 aliphatic rings. The van der Waals surface area contributed by atoms with Crippen LogP contribution in [0.1, 0.15) is 32.1 Å². The third-order valence-electron chi connectivity index (χ3n) is 3.15. The van der Waals surface area contributed by atoms with Gasteiger partial charge in [-0.2, -0.15) is 0 Å². The second kappa shape index (κ2) is 5.35. The molecule has 4 nitrogen and oxygen atoms in total. The number of hydrogen-bond donors (Lipinski definition) is 3. The Labute approximate surface area is 91.2 Å². The number of piperidine rings is 1. The highest BCUT2D eigenvalue weighted by Gasteiger charge is 2.23. The molecule has 1 unspecified atom stereocenters. The SMILES string of the molecule is O=C(NCCC1CCCNC1)NC1CC1. The lowest BCUT2D eigenvalue weighted by molar-refractivity contribution is 0.239. The standard InChI is InChI=1S/C11H21N3O/c15-11(14-10-3-4-10)13-7-5-9-2-1-6-12-8-9/h9-10,12H,1-8H2,(H2,13,14,15). The van der Waals surface area contributed by atoms with Gasteiger partial charge in [-0.3, -0.25) is 0 Å². The fraction of sp³-hybridized carbons (Fsp3) is 0.909. The number of amides is 2. The predicted octanol–water partition coefficient (Wildman–Crippen LogP) is 0.838. The Morgan fingerprint density at radius 1 is 1.33 bits per heavy atom. The molecule has 0 spiro atoms. The van der Waals surface area contributed by atoms with Crippen molar-refractivity contribution in [1.29, 1.82) is 0 Å². The molecule has 1 heterocycles. The van der Waals surface area contributed by atoms with Crippen LogP contribution in [0.5, 0.6) is 0 Å². The highest BCUT2D eigenvalue weighted by atomic mass is 16.2. The molecule has 1 aliphatic carbocycles. The van der Waals surface area contributed by atoms with E-state index in [0.717, 1.165) is 44.8 Å². The van der Waals surface area contributed by atoms with Crippen LogP contribution >= 0.6 is 0 Å². The minimum absolute atomic E-state index is 0.0151. The van der Waals surface area contributed by atoms with E-state index in [1.807, 2.05) is 0 Å². The van der Waals surface area contributed by atoms with Crippen LogP contribution in [0.4, 0.5) is 4.79 Å². The van der Waals surface area contributed by atoms with Crippen molar-refractivity contribution in [3.63, 3.8) is 0 Å². The summed E-state index contributed by atoms with van der Waals surface area (Å²) in [7, 11) is 0. The van der Waals surface area contributed by atoms with E-state index in [9.17, 15) is 4.79 Å². The number of hydrogen-bond acceptors (Lipinski definition) is 2. The number of carbonyl (C=O) groups excluding carboxylic acids is 1. The van der Waals surface area contributed by atoms with Crippen molar-refractivity contribution in [2.24, 2.45) is 5.92 Å². The van der Waals surface area contributed by atoms with Gasteiger partial charge in [-0.05, 0) is 51.1 Å². The molecule has 0 aromatic rings. The Morgan fingerprint density at radius 3 is 2.87 bits per heavy atom. The van der Waals surface area contributed by atoms with Crippen LogP contribution in [0.25, 0.3) is 0 Å². The molecule has 1 aliphatic heterocycles. The van der Waals surface area contributed by atoms with Crippen molar-refractivity contribution < 1.29 is 4.79 Å². The van der Waals surface area contributed by atoms with Gasteiger partial charge < -0.3 is 16.0 Å². The molecule has 2 amide bonds. The molecule has 3 N–H and O–H groups in total. The number of urea groups is 1. The molecule has 86 valence electrons. The van der Waals surface area contributed by atoms with Crippen molar-refractivity contribution >= 4 is 6.03 Å². The Kier molecular flexibility index (Phi) is 3.83. The summed E-state index contributed by atoms with van der Waals surface area (Å²) in [4.78, 5) is 11.3. The van der Waals surface area contributed by atoms with Crippen molar-refractivity contribution in [3.8, 4) is 0 Å². The zero-order valence-electron chi connectivity index (χ0n) is 9.22. The summed E-state index contributed by atoms with van der Waals surface area (Å²) in [5, 5.41) is 9.24. The van der Waals surface area contributed by atoms with Crippen molar-refractivity contribution in [2.45, 2.75) is 38.1 Å². The van der Waals surface area contributed by atoms with Crippen LogP contribution in [0.2, 0.25) is 0 Å². The van der Waals surface area contributed by atoms with E-state index in [2.05, 4.69) is 16.0 Å². The molecular formula is C11H21N3O. The van der Waals surface area contributed by atoms with Crippen molar-refractivity contribution in [1.82, 2.24) is 16.0 Å². The molecule has 1 atom stereocenters. The van der Waals surface area contributed by atoms with E-state index in [1.54, 1.807) is 0 Å². The van der Waals surface area contributed by atoms with Gasteiger partial charge in [0.25, 0.3) is 0 Å². The van der Waals surface area contributed by atoms with Crippen molar-refractivity contribution in [3.05, 3.63) is 0 Å². The molecule has 0 aromatic heterocycles. The molecule has 1 saturated heterocycles. The zero-order chi connectivity index (χ0) is 10.5. The molecule has 2 fully saturated rings. The maximum absolute atomic E-state index is 11.3. The van der Waals surface area contributed by atoms with Crippen LogP contribution in [-0.2, 0) is 0 Å². The first kappa shape index (κ1) is 10.7. The summed E-state index contributed by atoms with van der Waals surface area (Å²) >= 11 is 0. The van der Waals surface area contributed by atoms with E-state index in [4.69, 9.17) is 0 Å². The second-order valence-corrected chi connectivity index (χ2v) is 4.68. The Bertz CT molecular complexity index is 210. The minimum Gasteiger partial charge on any atom is -0.338 e. The largest absolute Gasteiger partial charge is 0.338 e. The van der Waals surface area contributed by atoms with E-state index < -0.39 is 0 Å². The van der Waals surface area contributed by atoms with Gasteiger partial charge in [0.05, 0.1) is 0 Å². The lowest BCUT2D eigenvalue weighted by atomic mass is 9.96. The number of rotatable bonds is 4. The highest BCUT2D eigenvalue weighted by Crippen LogP contribution is 2.18. The van der Waals surface area contributed by atoms with Gasteiger partial charge in [0.15, 0.2) is 0 Å². The minimum atomic E-state index is 0.0151. The van der Waals surface area contributed by atoms with Gasteiger partial charge in [0.2, 0.25) is 0 Å². The first-order chi connectivity index (χ1) is 7.34. The average molecular weight is 211 g/mol. The lowest BCUT2D eigenvalue weighted by Crippen LogP contribution is -2.39. The van der Waals surface area contributed by atoms with E-state index >= 15 is 0 Å². The first-order valence-corrected chi connectivity index (χ1v) is 6.09. The quantitative estimate of drug-likeness (QED) is 0.645. The summed E-state index contributed by atoms with van der Waals surface area (Å²) in [6.07, 6.45) is 5.99. The molecule has 2 rings (SSSR count).